The third kappa shape index (κ3) is 1.33. The van der Waals surface area contributed by atoms with Crippen LogP contribution in [-0.4, -0.2) is 17.0 Å². The monoisotopic (exact) mass is 196 g/mol. The fourth-order valence-corrected chi connectivity index (χ4v) is 2.03. The topological polar surface area (TPSA) is 26.3 Å². The fraction of sp³-hybridized carbons (Fsp3) is 0.750. The molecule has 1 aliphatic rings. The van der Waals surface area contributed by atoms with Crippen molar-refractivity contribution >= 4 is 5.78 Å². The molecule has 0 aromatic rings. The van der Waals surface area contributed by atoms with Crippen LogP contribution in [0.5, 0.6) is 0 Å². The van der Waals surface area contributed by atoms with Gasteiger partial charge in [-0.2, -0.15) is 0 Å². The molecule has 1 aliphatic heterocycles. The molecule has 80 valence electrons. The molecular weight excluding hydrogens is 176 g/mol. The second-order valence-corrected chi connectivity index (χ2v) is 4.53. The van der Waals surface area contributed by atoms with Gasteiger partial charge in [-0.05, 0) is 52.2 Å². The van der Waals surface area contributed by atoms with Crippen LogP contribution in [0, 0.1) is 0 Å². The summed E-state index contributed by atoms with van der Waals surface area (Å²) < 4.78 is 5.95. The molecule has 0 spiro atoms. The number of ether oxygens (including phenoxy) is 1. The van der Waals surface area contributed by atoms with Crippen molar-refractivity contribution in [3.63, 3.8) is 0 Å². The van der Waals surface area contributed by atoms with E-state index in [2.05, 4.69) is 20.8 Å². The molecule has 1 rings (SSSR count). The van der Waals surface area contributed by atoms with Gasteiger partial charge in [0.25, 0.3) is 0 Å². The number of ketones is 1. The number of hydrogen-bond donors (Lipinski definition) is 0. The van der Waals surface area contributed by atoms with E-state index in [0.717, 1.165) is 12.0 Å². The summed E-state index contributed by atoms with van der Waals surface area (Å²) in [4.78, 5) is 11.6. The summed E-state index contributed by atoms with van der Waals surface area (Å²) in [7, 11) is 0. The third-order valence-corrected chi connectivity index (χ3v) is 3.85. The number of rotatable bonds is 2. The number of carbonyl (C=O) groups excluding carboxylic acids is 1. The molecule has 14 heavy (non-hydrogen) atoms. The standard InChI is InChI=1S/C12H20O2/c1-7-11(5)8(2)9(3)12(6,14-11)10(4)13/h7H2,1-6H3. The van der Waals surface area contributed by atoms with E-state index in [9.17, 15) is 4.79 Å². The Labute approximate surface area is 86.3 Å². The molecule has 0 aromatic heterocycles. The Balaban J connectivity index is 3.20. The lowest BCUT2D eigenvalue weighted by atomic mass is 9.88. The molecule has 0 radical (unpaired) electrons. The average Bonchev–Trinajstić information content (AvgIpc) is 2.30. The molecule has 0 amide bonds. The van der Waals surface area contributed by atoms with Crippen LogP contribution in [0.15, 0.2) is 11.1 Å². The van der Waals surface area contributed by atoms with Crippen LogP contribution < -0.4 is 0 Å². The lowest BCUT2D eigenvalue weighted by molar-refractivity contribution is -0.144. The molecule has 0 aliphatic carbocycles. The Bertz CT molecular complexity index is 303. The van der Waals surface area contributed by atoms with Crippen LogP contribution in [0.2, 0.25) is 0 Å². The molecule has 0 fully saturated rings. The molecule has 0 bridgehead atoms. The van der Waals surface area contributed by atoms with Crippen molar-refractivity contribution in [3.8, 4) is 0 Å². The van der Waals surface area contributed by atoms with E-state index in [0.29, 0.717) is 0 Å². The molecule has 2 nitrogen and oxygen atoms in total. The predicted molar refractivity (Wildman–Crippen MR) is 57.2 cm³/mol. The summed E-state index contributed by atoms with van der Waals surface area (Å²) in [6.45, 7) is 11.7. The van der Waals surface area contributed by atoms with Crippen LogP contribution in [0.25, 0.3) is 0 Å². The Morgan fingerprint density at radius 2 is 1.79 bits per heavy atom. The highest BCUT2D eigenvalue weighted by Gasteiger charge is 2.48. The van der Waals surface area contributed by atoms with Gasteiger partial charge < -0.3 is 4.74 Å². The Morgan fingerprint density at radius 3 is 2.00 bits per heavy atom. The van der Waals surface area contributed by atoms with E-state index in [1.54, 1.807) is 6.92 Å². The maximum atomic E-state index is 11.6. The van der Waals surface area contributed by atoms with Crippen molar-refractivity contribution in [1.82, 2.24) is 0 Å². The third-order valence-electron chi connectivity index (χ3n) is 3.85. The van der Waals surface area contributed by atoms with Gasteiger partial charge in [-0.1, -0.05) is 6.92 Å². The van der Waals surface area contributed by atoms with Gasteiger partial charge in [0.05, 0.1) is 5.60 Å². The first kappa shape index (κ1) is 11.4. The molecule has 2 atom stereocenters. The summed E-state index contributed by atoms with van der Waals surface area (Å²) in [6.07, 6.45) is 0.902. The van der Waals surface area contributed by atoms with E-state index in [4.69, 9.17) is 4.74 Å². The first-order chi connectivity index (χ1) is 6.28. The van der Waals surface area contributed by atoms with Gasteiger partial charge in [0.1, 0.15) is 5.60 Å². The van der Waals surface area contributed by atoms with Crippen molar-refractivity contribution in [3.05, 3.63) is 11.1 Å². The van der Waals surface area contributed by atoms with E-state index >= 15 is 0 Å². The summed E-state index contributed by atoms with van der Waals surface area (Å²) in [5, 5.41) is 0. The number of hydrogen-bond acceptors (Lipinski definition) is 2. The van der Waals surface area contributed by atoms with E-state index in [1.807, 2.05) is 13.8 Å². The first-order valence-corrected chi connectivity index (χ1v) is 5.17. The fourth-order valence-electron chi connectivity index (χ4n) is 2.03. The van der Waals surface area contributed by atoms with Crippen LogP contribution in [0.1, 0.15) is 48.0 Å². The van der Waals surface area contributed by atoms with E-state index < -0.39 is 5.60 Å². The minimum atomic E-state index is -0.700. The molecular formula is C12H20O2. The second kappa shape index (κ2) is 3.20. The van der Waals surface area contributed by atoms with Crippen molar-refractivity contribution < 1.29 is 9.53 Å². The van der Waals surface area contributed by atoms with Gasteiger partial charge in [0, 0.05) is 0 Å². The lowest BCUT2D eigenvalue weighted by Crippen LogP contribution is -2.39. The van der Waals surface area contributed by atoms with Crippen molar-refractivity contribution in [2.45, 2.75) is 59.2 Å². The van der Waals surface area contributed by atoms with Crippen LogP contribution in [-0.2, 0) is 9.53 Å². The van der Waals surface area contributed by atoms with Crippen molar-refractivity contribution in [1.29, 1.82) is 0 Å². The maximum absolute atomic E-state index is 11.6. The van der Waals surface area contributed by atoms with Gasteiger partial charge in [-0.3, -0.25) is 4.79 Å². The first-order valence-electron chi connectivity index (χ1n) is 5.17. The zero-order valence-electron chi connectivity index (χ0n) is 10.0. The second-order valence-electron chi connectivity index (χ2n) is 4.53. The molecule has 0 N–H and O–H groups in total. The average molecular weight is 196 g/mol. The zero-order chi connectivity index (χ0) is 11.1. The highest BCUT2D eigenvalue weighted by Crippen LogP contribution is 2.44. The van der Waals surface area contributed by atoms with Crippen LogP contribution >= 0.6 is 0 Å². The highest BCUT2D eigenvalue weighted by molar-refractivity contribution is 5.89. The highest BCUT2D eigenvalue weighted by atomic mass is 16.5. The van der Waals surface area contributed by atoms with Crippen molar-refractivity contribution in [2.24, 2.45) is 0 Å². The minimum Gasteiger partial charge on any atom is -0.353 e. The van der Waals surface area contributed by atoms with Crippen LogP contribution in [0.4, 0.5) is 0 Å². The van der Waals surface area contributed by atoms with Gasteiger partial charge in [-0.15, -0.1) is 0 Å². The smallest absolute Gasteiger partial charge is 0.165 e. The molecule has 0 saturated carbocycles. The maximum Gasteiger partial charge on any atom is 0.165 e. The van der Waals surface area contributed by atoms with Crippen LogP contribution in [0.3, 0.4) is 0 Å². The van der Waals surface area contributed by atoms with E-state index in [-0.39, 0.29) is 11.4 Å². The largest absolute Gasteiger partial charge is 0.353 e. The Hall–Kier alpha value is -0.630. The lowest BCUT2D eigenvalue weighted by Gasteiger charge is -2.30. The van der Waals surface area contributed by atoms with Gasteiger partial charge >= 0.3 is 0 Å². The van der Waals surface area contributed by atoms with Crippen molar-refractivity contribution in [2.75, 3.05) is 0 Å². The van der Waals surface area contributed by atoms with Gasteiger partial charge in [-0.25, -0.2) is 0 Å². The number of Topliss-reactive ketones (excluding diaryl/α,β-unsaturated/α-hetero) is 1. The Kier molecular flexibility index (Phi) is 2.61. The van der Waals surface area contributed by atoms with Gasteiger partial charge in [0.2, 0.25) is 0 Å². The quantitative estimate of drug-likeness (QED) is 0.635. The predicted octanol–water partition coefficient (Wildman–Crippen LogP) is 2.87. The molecule has 2 heteroatoms. The summed E-state index contributed by atoms with van der Waals surface area (Å²) in [5.41, 5.74) is 1.33. The normalized spacial score (nSPS) is 37.9. The molecule has 0 saturated heterocycles. The number of carbonyl (C=O) groups is 1. The zero-order valence-corrected chi connectivity index (χ0v) is 10.0. The SMILES string of the molecule is CCC1(C)OC(C)(C(C)=O)C(C)=C1C. The van der Waals surface area contributed by atoms with E-state index in [1.165, 1.54) is 5.57 Å². The molecule has 0 aromatic carbocycles. The van der Waals surface area contributed by atoms with Gasteiger partial charge in [0.15, 0.2) is 5.78 Å². The summed E-state index contributed by atoms with van der Waals surface area (Å²) in [5.74, 6) is 0.0894. The summed E-state index contributed by atoms with van der Waals surface area (Å²) in [6, 6.07) is 0. The summed E-state index contributed by atoms with van der Waals surface area (Å²) >= 11 is 0. The molecule has 2 unspecified atom stereocenters. The minimum absolute atomic E-state index is 0.0894. The molecule has 1 heterocycles. The Morgan fingerprint density at radius 1 is 1.29 bits per heavy atom.